The highest BCUT2D eigenvalue weighted by molar-refractivity contribution is 6.31. The van der Waals surface area contributed by atoms with Gasteiger partial charge in [0.15, 0.2) is 0 Å². The Balaban J connectivity index is 1.69. The van der Waals surface area contributed by atoms with Crippen molar-refractivity contribution in [2.45, 2.75) is 19.0 Å². The normalized spacial score (nSPS) is 15.6. The van der Waals surface area contributed by atoms with Crippen LogP contribution in [0.15, 0.2) is 72.8 Å². The van der Waals surface area contributed by atoms with Gasteiger partial charge in [0.2, 0.25) is 5.91 Å². The number of methoxy groups -OCH3 is 1. The Kier molecular flexibility index (Phi) is 6.67. The highest BCUT2D eigenvalue weighted by Crippen LogP contribution is 2.30. The maximum atomic E-state index is 13.5. The van der Waals surface area contributed by atoms with E-state index in [0.29, 0.717) is 32.6 Å². The van der Waals surface area contributed by atoms with E-state index in [4.69, 9.17) is 27.9 Å². The molecule has 1 atom stereocenters. The van der Waals surface area contributed by atoms with Crippen molar-refractivity contribution in [1.82, 2.24) is 4.90 Å². The third-order valence-corrected chi connectivity index (χ3v) is 6.10. The molecule has 0 radical (unpaired) electrons. The molecule has 8 heteroatoms. The van der Waals surface area contributed by atoms with Crippen LogP contribution in [0.4, 0.5) is 5.69 Å². The first-order valence-corrected chi connectivity index (χ1v) is 11.0. The molecule has 33 heavy (non-hydrogen) atoms. The van der Waals surface area contributed by atoms with Gasteiger partial charge in [0.05, 0.1) is 19.2 Å². The highest BCUT2D eigenvalue weighted by atomic mass is 35.5. The van der Waals surface area contributed by atoms with Gasteiger partial charge in [0.1, 0.15) is 11.8 Å². The average Bonchev–Trinajstić information content (AvgIpc) is 3.12. The van der Waals surface area contributed by atoms with Gasteiger partial charge in [0.25, 0.3) is 11.8 Å². The predicted molar refractivity (Wildman–Crippen MR) is 127 cm³/mol. The zero-order valence-electron chi connectivity index (χ0n) is 17.7. The molecule has 0 aromatic heterocycles. The molecule has 1 aliphatic heterocycles. The van der Waals surface area contributed by atoms with Crippen molar-refractivity contribution >= 4 is 46.6 Å². The highest BCUT2D eigenvalue weighted by Gasteiger charge is 2.44. The molecule has 1 aliphatic rings. The Morgan fingerprint density at radius 2 is 1.67 bits per heavy atom. The second kappa shape index (κ2) is 9.65. The lowest BCUT2D eigenvalue weighted by atomic mass is 10.1. The Morgan fingerprint density at radius 1 is 1.00 bits per heavy atom. The number of rotatable bonds is 6. The summed E-state index contributed by atoms with van der Waals surface area (Å²) in [6.45, 7) is 0.0721. The number of imide groups is 1. The molecule has 1 saturated heterocycles. The van der Waals surface area contributed by atoms with E-state index < -0.39 is 11.9 Å². The first kappa shape index (κ1) is 22.8. The van der Waals surface area contributed by atoms with Crippen LogP contribution in [0.3, 0.4) is 0 Å². The molecule has 6 nitrogen and oxygen atoms in total. The minimum absolute atomic E-state index is 0.0721. The van der Waals surface area contributed by atoms with Crippen molar-refractivity contribution in [2.75, 3.05) is 12.0 Å². The maximum absolute atomic E-state index is 13.5. The third kappa shape index (κ3) is 4.72. The first-order chi connectivity index (χ1) is 15.9. The minimum atomic E-state index is -0.973. The van der Waals surface area contributed by atoms with Crippen LogP contribution in [0.2, 0.25) is 10.0 Å². The summed E-state index contributed by atoms with van der Waals surface area (Å²) in [6.07, 6.45) is -0.131. The lowest BCUT2D eigenvalue weighted by Gasteiger charge is -2.28. The molecule has 0 spiro atoms. The fourth-order valence-electron chi connectivity index (χ4n) is 3.75. The number of amides is 3. The van der Waals surface area contributed by atoms with Crippen molar-refractivity contribution in [3.8, 4) is 5.75 Å². The molecule has 3 aromatic rings. The van der Waals surface area contributed by atoms with Gasteiger partial charge >= 0.3 is 0 Å². The van der Waals surface area contributed by atoms with Crippen LogP contribution in [-0.4, -0.2) is 35.8 Å². The number of nitrogens with zero attached hydrogens (tertiary/aromatic N) is 2. The second-order valence-corrected chi connectivity index (χ2v) is 8.36. The average molecular weight is 483 g/mol. The smallest absolute Gasteiger partial charge is 0.257 e. The fourth-order valence-corrected chi connectivity index (χ4v) is 4.08. The van der Waals surface area contributed by atoms with Gasteiger partial charge in [-0.15, -0.1) is 0 Å². The van der Waals surface area contributed by atoms with Gasteiger partial charge in [-0.1, -0.05) is 41.4 Å². The van der Waals surface area contributed by atoms with Gasteiger partial charge < -0.3 is 9.64 Å². The van der Waals surface area contributed by atoms with E-state index in [0.717, 1.165) is 4.90 Å². The van der Waals surface area contributed by atoms with E-state index in [1.54, 1.807) is 72.8 Å². The first-order valence-electron chi connectivity index (χ1n) is 10.2. The second-order valence-electron chi connectivity index (χ2n) is 7.52. The monoisotopic (exact) mass is 482 g/mol. The van der Waals surface area contributed by atoms with Crippen LogP contribution in [-0.2, 0) is 16.1 Å². The van der Waals surface area contributed by atoms with Crippen molar-refractivity contribution in [2.24, 2.45) is 0 Å². The molecule has 0 bridgehead atoms. The van der Waals surface area contributed by atoms with Crippen LogP contribution in [0.25, 0.3) is 0 Å². The van der Waals surface area contributed by atoms with E-state index in [9.17, 15) is 14.4 Å². The number of benzene rings is 3. The molecule has 1 fully saturated rings. The summed E-state index contributed by atoms with van der Waals surface area (Å²) in [6, 6.07) is 19.1. The standard InChI is InChI=1S/C25H20Cl2N2O4/c1-33-20-12-6-16(7-13-20)24(31)28(15-17-4-2-3-5-21(17)27)22-14-23(30)29(25(22)32)19-10-8-18(26)9-11-19/h2-13,22H,14-15H2,1H3. The minimum Gasteiger partial charge on any atom is -0.497 e. The summed E-state index contributed by atoms with van der Waals surface area (Å²) in [5.41, 5.74) is 1.45. The fraction of sp³-hybridized carbons (Fsp3) is 0.160. The lowest BCUT2D eigenvalue weighted by molar-refractivity contribution is -0.122. The molecule has 4 rings (SSSR count). The Bertz CT molecular complexity index is 1200. The molecule has 168 valence electrons. The summed E-state index contributed by atoms with van der Waals surface area (Å²) in [7, 11) is 1.54. The van der Waals surface area contributed by atoms with E-state index in [1.807, 2.05) is 0 Å². The van der Waals surface area contributed by atoms with Crippen LogP contribution in [0.5, 0.6) is 5.75 Å². The lowest BCUT2D eigenvalue weighted by Crippen LogP contribution is -2.45. The Morgan fingerprint density at radius 3 is 2.30 bits per heavy atom. The van der Waals surface area contributed by atoms with Crippen molar-refractivity contribution < 1.29 is 19.1 Å². The number of carbonyl (C=O) groups is 3. The van der Waals surface area contributed by atoms with E-state index >= 15 is 0 Å². The van der Waals surface area contributed by atoms with E-state index in [1.165, 1.54) is 12.0 Å². The van der Waals surface area contributed by atoms with Crippen LogP contribution in [0, 0.1) is 0 Å². The van der Waals surface area contributed by atoms with Gasteiger partial charge in [-0.25, -0.2) is 4.90 Å². The van der Waals surface area contributed by atoms with E-state index in [2.05, 4.69) is 0 Å². The molecule has 3 amide bonds. The number of carbonyl (C=O) groups excluding carboxylic acids is 3. The molecule has 0 N–H and O–H groups in total. The summed E-state index contributed by atoms with van der Waals surface area (Å²) >= 11 is 12.3. The molecular weight excluding hydrogens is 463 g/mol. The predicted octanol–water partition coefficient (Wildman–Crippen LogP) is 4.98. The van der Waals surface area contributed by atoms with Gasteiger partial charge in [-0.3, -0.25) is 14.4 Å². The van der Waals surface area contributed by atoms with Crippen molar-refractivity contribution in [3.63, 3.8) is 0 Å². The zero-order chi connectivity index (χ0) is 23.5. The Labute approximate surface area is 201 Å². The van der Waals surface area contributed by atoms with Crippen LogP contribution < -0.4 is 9.64 Å². The number of ether oxygens (including phenoxy) is 1. The van der Waals surface area contributed by atoms with Gasteiger partial charge in [-0.05, 0) is 60.2 Å². The molecule has 0 saturated carbocycles. The molecule has 0 aliphatic carbocycles. The molecule has 1 heterocycles. The Hall–Kier alpha value is -3.35. The molecular formula is C25H20Cl2N2O4. The van der Waals surface area contributed by atoms with Crippen molar-refractivity contribution in [1.29, 1.82) is 0 Å². The number of hydrogen-bond acceptors (Lipinski definition) is 4. The van der Waals surface area contributed by atoms with Gasteiger partial charge in [0, 0.05) is 22.2 Å². The number of anilines is 1. The van der Waals surface area contributed by atoms with E-state index in [-0.39, 0.29) is 24.8 Å². The molecule has 3 aromatic carbocycles. The molecule has 1 unspecified atom stereocenters. The largest absolute Gasteiger partial charge is 0.497 e. The summed E-state index contributed by atoms with van der Waals surface area (Å²) in [5, 5.41) is 0.959. The zero-order valence-corrected chi connectivity index (χ0v) is 19.2. The van der Waals surface area contributed by atoms with Crippen LogP contribution in [0.1, 0.15) is 22.3 Å². The van der Waals surface area contributed by atoms with Crippen LogP contribution >= 0.6 is 23.2 Å². The SMILES string of the molecule is COc1ccc(C(=O)N(Cc2ccccc2Cl)C2CC(=O)N(c3ccc(Cl)cc3)C2=O)cc1. The number of halogens is 2. The third-order valence-electron chi connectivity index (χ3n) is 5.48. The quantitative estimate of drug-likeness (QED) is 0.464. The summed E-state index contributed by atoms with van der Waals surface area (Å²) in [4.78, 5) is 42.2. The summed E-state index contributed by atoms with van der Waals surface area (Å²) < 4.78 is 5.17. The summed E-state index contributed by atoms with van der Waals surface area (Å²) in [5.74, 6) is -0.651. The maximum Gasteiger partial charge on any atom is 0.257 e. The number of hydrogen-bond donors (Lipinski definition) is 0. The van der Waals surface area contributed by atoms with Gasteiger partial charge in [-0.2, -0.15) is 0 Å². The topological polar surface area (TPSA) is 66.9 Å². The van der Waals surface area contributed by atoms with Crippen molar-refractivity contribution in [3.05, 3.63) is 94.0 Å².